The summed E-state index contributed by atoms with van der Waals surface area (Å²) in [7, 11) is 0. The molecule has 2 heterocycles. The third kappa shape index (κ3) is 5.05. The van der Waals surface area contributed by atoms with Gasteiger partial charge in [0, 0.05) is 36.1 Å². The molecule has 0 saturated carbocycles. The number of hydrogen-bond donors (Lipinski definition) is 1. The van der Waals surface area contributed by atoms with Crippen LogP contribution in [0, 0.1) is 0 Å². The highest BCUT2D eigenvalue weighted by Crippen LogP contribution is 2.29. The molecule has 1 aliphatic rings. The van der Waals surface area contributed by atoms with E-state index in [-0.39, 0.29) is 5.91 Å². The first kappa shape index (κ1) is 17.9. The van der Waals surface area contributed by atoms with Crippen molar-refractivity contribution in [2.24, 2.45) is 0 Å². The number of anilines is 2. The summed E-state index contributed by atoms with van der Waals surface area (Å²) in [5, 5.41) is 6.23. The van der Waals surface area contributed by atoms with Gasteiger partial charge in [0.15, 0.2) is 5.13 Å². The monoisotopic (exact) mass is 357 g/mol. The van der Waals surface area contributed by atoms with Crippen molar-refractivity contribution in [3.63, 3.8) is 0 Å². The topological polar surface area (TPSA) is 45.2 Å². The van der Waals surface area contributed by atoms with Crippen molar-refractivity contribution in [2.45, 2.75) is 51.9 Å². The average Bonchev–Trinajstić information content (AvgIpc) is 3.13. The summed E-state index contributed by atoms with van der Waals surface area (Å²) < 4.78 is 0. The molecule has 1 fully saturated rings. The lowest BCUT2D eigenvalue weighted by molar-refractivity contribution is -0.116. The average molecular weight is 358 g/mol. The number of rotatable bonds is 7. The van der Waals surface area contributed by atoms with Crippen molar-refractivity contribution >= 4 is 28.1 Å². The van der Waals surface area contributed by atoms with Crippen LogP contribution in [0.1, 0.15) is 51.9 Å². The second kappa shape index (κ2) is 8.99. The molecule has 0 spiro atoms. The van der Waals surface area contributed by atoms with Gasteiger partial charge in [-0.25, -0.2) is 4.98 Å². The van der Waals surface area contributed by atoms with E-state index in [1.54, 1.807) is 11.3 Å². The van der Waals surface area contributed by atoms with Crippen molar-refractivity contribution in [3.05, 3.63) is 29.6 Å². The molecule has 1 N–H and O–H groups in total. The van der Waals surface area contributed by atoms with Gasteiger partial charge >= 0.3 is 0 Å². The Balaban J connectivity index is 1.58. The highest BCUT2D eigenvalue weighted by molar-refractivity contribution is 7.14. The number of amides is 1. The molecule has 0 bridgehead atoms. The van der Waals surface area contributed by atoms with E-state index < -0.39 is 0 Å². The fourth-order valence-electron chi connectivity index (χ4n) is 3.11. The number of carbonyl (C=O) groups is 1. The van der Waals surface area contributed by atoms with E-state index >= 15 is 0 Å². The molecular weight excluding hydrogens is 330 g/mol. The number of nitrogens with one attached hydrogen (secondary N) is 1. The maximum atomic E-state index is 11.9. The number of unbranched alkanes of at least 4 members (excludes halogenated alkanes) is 2. The molecule has 3 rings (SSSR count). The number of carbonyl (C=O) groups excluding carboxylic acids is 1. The lowest BCUT2D eigenvalue weighted by Crippen LogP contribution is -2.29. The molecule has 5 heteroatoms. The quantitative estimate of drug-likeness (QED) is 0.682. The molecule has 134 valence electrons. The van der Waals surface area contributed by atoms with Crippen LogP contribution in [-0.4, -0.2) is 24.0 Å². The Morgan fingerprint density at radius 3 is 2.64 bits per heavy atom. The summed E-state index contributed by atoms with van der Waals surface area (Å²) in [6.45, 7) is 4.39. The second-order valence-corrected chi connectivity index (χ2v) is 7.48. The maximum absolute atomic E-state index is 11.9. The Morgan fingerprint density at radius 2 is 1.92 bits per heavy atom. The minimum absolute atomic E-state index is 0.0993. The molecule has 1 amide bonds. The van der Waals surface area contributed by atoms with Crippen LogP contribution in [0.5, 0.6) is 0 Å². The normalized spacial score (nSPS) is 14.5. The van der Waals surface area contributed by atoms with Gasteiger partial charge < -0.3 is 10.2 Å². The summed E-state index contributed by atoms with van der Waals surface area (Å²) in [6.07, 6.45) is 7.66. The van der Waals surface area contributed by atoms with Gasteiger partial charge in [-0.3, -0.25) is 4.79 Å². The summed E-state index contributed by atoms with van der Waals surface area (Å²) in [5.41, 5.74) is 2.98. The third-order valence-electron chi connectivity index (χ3n) is 4.59. The molecular formula is C20H27N3OS. The maximum Gasteiger partial charge on any atom is 0.224 e. The molecule has 0 aliphatic carbocycles. The first-order valence-corrected chi connectivity index (χ1v) is 10.2. The summed E-state index contributed by atoms with van der Waals surface area (Å²) in [4.78, 5) is 19.1. The molecule has 1 aromatic heterocycles. The molecule has 1 aromatic carbocycles. The van der Waals surface area contributed by atoms with Gasteiger partial charge in [-0.05, 0) is 37.8 Å². The van der Waals surface area contributed by atoms with Crippen molar-refractivity contribution in [1.82, 2.24) is 4.98 Å². The Morgan fingerprint density at radius 1 is 1.16 bits per heavy atom. The van der Waals surface area contributed by atoms with E-state index in [4.69, 9.17) is 4.98 Å². The SMILES string of the molecule is CCCCCC(=O)Nc1ccc(-c2csc(N3CCCCC3)n2)cc1. The van der Waals surface area contributed by atoms with Gasteiger partial charge in [0.25, 0.3) is 0 Å². The molecule has 0 unspecified atom stereocenters. The fourth-order valence-corrected chi connectivity index (χ4v) is 4.00. The lowest BCUT2D eigenvalue weighted by atomic mass is 10.1. The highest BCUT2D eigenvalue weighted by Gasteiger charge is 2.15. The number of benzene rings is 1. The van der Waals surface area contributed by atoms with E-state index in [0.717, 1.165) is 54.4 Å². The first-order chi connectivity index (χ1) is 12.3. The standard InChI is InChI=1S/C20H27N3OS/c1-2-3-5-8-19(24)21-17-11-9-16(10-12-17)18-15-25-20(22-18)23-13-6-4-7-14-23/h9-12,15H,2-8,13-14H2,1H3,(H,21,24). The van der Waals surface area contributed by atoms with Crippen LogP contribution in [0.15, 0.2) is 29.6 Å². The van der Waals surface area contributed by atoms with E-state index in [0.29, 0.717) is 6.42 Å². The molecule has 0 radical (unpaired) electrons. The summed E-state index contributed by atoms with van der Waals surface area (Å²) >= 11 is 1.72. The Bertz CT molecular complexity index is 675. The predicted octanol–water partition coefficient (Wildman–Crippen LogP) is 5.32. The van der Waals surface area contributed by atoms with Crippen LogP contribution in [0.2, 0.25) is 0 Å². The first-order valence-electron chi connectivity index (χ1n) is 9.37. The van der Waals surface area contributed by atoms with Crippen LogP contribution in [-0.2, 0) is 4.79 Å². The van der Waals surface area contributed by atoms with E-state index in [2.05, 4.69) is 22.5 Å². The Kier molecular flexibility index (Phi) is 6.45. The second-order valence-electron chi connectivity index (χ2n) is 6.65. The van der Waals surface area contributed by atoms with Crippen molar-refractivity contribution in [2.75, 3.05) is 23.3 Å². The van der Waals surface area contributed by atoms with Gasteiger partial charge in [-0.2, -0.15) is 0 Å². The zero-order chi connectivity index (χ0) is 17.5. The molecule has 25 heavy (non-hydrogen) atoms. The van der Waals surface area contributed by atoms with Crippen molar-refractivity contribution in [3.8, 4) is 11.3 Å². The molecule has 4 nitrogen and oxygen atoms in total. The smallest absolute Gasteiger partial charge is 0.224 e. The van der Waals surface area contributed by atoms with Crippen molar-refractivity contribution < 1.29 is 4.79 Å². The zero-order valence-corrected chi connectivity index (χ0v) is 15.8. The van der Waals surface area contributed by atoms with Gasteiger partial charge in [0.2, 0.25) is 5.91 Å². The molecule has 1 saturated heterocycles. The number of piperidine rings is 1. The molecule has 1 aliphatic heterocycles. The minimum Gasteiger partial charge on any atom is -0.348 e. The number of thiazole rings is 1. The van der Waals surface area contributed by atoms with E-state index in [1.807, 2.05) is 24.3 Å². The van der Waals surface area contributed by atoms with Gasteiger partial charge in [-0.1, -0.05) is 31.9 Å². The van der Waals surface area contributed by atoms with E-state index in [1.165, 1.54) is 19.3 Å². The predicted molar refractivity (Wildman–Crippen MR) is 106 cm³/mol. The van der Waals surface area contributed by atoms with Crippen LogP contribution < -0.4 is 10.2 Å². The zero-order valence-electron chi connectivity index (χ0n) is 15.0. The van der Waals surface area contributed by atoms with Crippen molar-refractivity contribution in [1.29, 1.82) is 0 Å². The van der Waals surface area contributed by atoms with Crippen LogP contribution >= 0.6 is 11.3 Å². The van der Waals surface area contributed by atoms with Gasteiger partial charge in [0.05, 0.1) is 5.69 Å². The minimum atomic E-state index is 0.0993. The lowest BCUT2D eigenvalue weighted by Gasteiger charge is -2.25. The summed E-state index contributed by atoms with van der Waals surface area (Å²) in [5.74, 6) is 0.0993. The number of aromatic nitrogens is 1. The number of hydrogen-bond acceptors (Lipinski definition) is 4. The Hall–Kier alpha value is -1.88. The van der Waals surface area contributed by atoms with Gasteiger partial charge in [0.1, 0.15) is 0 Å². The van der Waals surface area contributed by atoms with Crippen LogP contribution in [0.4, 0.5) is 10.8 Å². The highest BCUT2D eigenvalue weighted by atomic mass is 32.1. The molecule has 0 atom stereocenters. The molecule has 2 aromatic rings. The fraction of sp³-hybridized carbons (Fsp3) is 0.500. The van der Waals surface area contributed by atoms with Crippen LogP contribution in [0.3, 0.4) is 0 Å². The van der Waals surface area contributed by atoms with Gasteiger partial charge in [-0.15, -0.1) is 11.3 Å². The summed E-state index contributed by atoms with van der Waals surface area (Å²) in [6, 6.07) is 8.01. The number of nitrogens with zero attached hydrogens (tertiary/aromatic N) is 2. The third-order valence-corrected chi connectivity index (χ3v) is 5.49. The van der Waals surface area contributed by atoms with E-state index in [9.17, 15) is 4.79 Å². The Labute approximate surface area is 154 Å². The van der Waals surface area contributed by atoms with Crippen LogP contribution in [0.25, 0.3) is 11.3 Å². The largest absolute Gasteiger partial charge is 0.348 e.